The summed E-state index contributed by atoms with van der Waals surface area (Å²) in [5, 5.41) is 4.86. The van der Waals surface area contributed by atoms with Crippen molar-refractivity contribution in [3.8, 4) is 33.9 Å². The number of rotatable bonds is 3. The molecule has 5 heteroatoms. The summed E-state index contributed by atoms with van der Waals surface area (Å²) < 4.78 is 2.46. The van der Waals surface area contributed by atoms with Crippen LogP contribution in [0, 0.1) is 0 Å². The number of hydrogen-bond acceptors (Lipinski definition) is 5. The normalized spacial score (nSPS) is 13.6. The van der Waals surface area contributed by atoms with Crippen LogP contribution in [0.25, 0.3) is 64.8 Å². The zero-order valence-corrected chi connectivity index (χ0v) is 30.3. The first-order valence-electron chi connectivity index (χ1n) is 18.6. The molecule has 2 aromatic heterocycles. The number of aromatic nitrogens is 3. The lowest BCUT2D eigenvalue weighted by Crippen LogP contribution is -2.36. The second kappa shape index (κ2) is 11.5. The molecule has 0 saturated heterocycles. The Kier molecular flexibility index (Phi) is 6.39. The lowest BCUT2D eigenvalue weighted by atomic mass is 9.64. The molecule has 0 amide bonds. The molecule has 4 nitrogen and oxygen atoms in total. The summed E-state index contributed by atoms with van der Waals surface area (Å²) >= 11 is 1.80. The Morgan fingerprint density at radius 1 is 0.418 bits per heavy atom. The maximum atomic E-state index is 5.44. The van der Waals surface area contributed by atoms with Crippen LogP contribution in [-0.4, -0.2) is 15.0 Å². The molecule has 0 bridgehead atoms. The molecule has 0 saturated carbocycles. The number of benzene rings is 8. The number of anilines is 3. The maximum absolute atomic E-state index is 5.44. The highest BCUT2D eigenvalue weighted by atomic mass is 32.1. The van der Waals surface area contributed by atoms with Crippen molar-refractivity contribution < 1.29 is 0 Å². The summed E-state index contributed by atoms with van der Waals surface area (Å²) in [6.45, 7) is 0. The van der Waals surface area contributed by atoms with E-state index in [2.05, 4.69) is 169 Å². The molecule has 2 aliphatic rings. The van der Waals surface area contributed by atoms with Crippen LogP contribution in [0.3, 0.4) is 0 Å². The second-order valence-corrected chi connectivity index (χ2v) is 15.4. The standard InChI is InChI=1S/C50H30N4S/c1-2-15-31(16-3-1)47-51-48(36-21-14-28-45-46(36)35-20-7-13-27-44(35)55-45)53-49(52-47)54-42-25-11-9-23-39(42)50(40-24-10-12-26-43(40)54)38-22-8-6-19-34(38)37-29-32-17-4-5-18-33(32)30-41(37)50/h1-30H. The predicted octanol–water partition coefficient (Wildman–Crippen LogP) is 12.9. The molecule has 1 aliphatic carbocycles. The van der Waals surface area contributed by atoms with Gasteiger partial charge in [-0.3, -0.25) is 4.90 Å². The van der Waals surface area contributed by atoms with Gasteiger partial charge in [-0.25, -0.2) is 4.98 Å². The van der Waals surface area contributed by atoms with Crippen molar-refractivity contribution in [1.29, 1.82) is 0 Å². The summed E-state index contributed by atoms with van der Waals surface area (Å²) in [7, 11) is 0. The Morgan fingerprint density at radius 2 is 1.02 bits per heavy atom. The van der Waals surface area contributed by atoms with E-state index in [1.807, 2.05) is 18.2 Å². The minimum absolute atomic E-state index is 0.557. The van der Waals surface area contributed by atoms with E-state index < -0.39 is 5.41 Å². The fourth-order valence-electron chi connectivity index (χ4n) is 9.27. The van der Waals surface area contributed by atoms with Crippen molar-refractivity contribution in [2.24, 2.45) is 0 Å². The van der Waals surface area contributed by atoms with Crippen molar-refractivity contribution in [2.75, 3.05) is 4.90 Å². The van der Waals surface area contributed by atoms with Gasteiger partial charge < -0.3 is 0 Å². The van der Waals surface area contributed by atoms with Gasteiger partial charge in [0, 0.05) is 31.3 Å². The summed E-state index contributed by atoms with van der Waals surface area (Å²) in [5.74, 6) is 1.87. The molecule has 1 spiro atoms. The minimum atomic E-state index is -0.557. The topological polar surface area (TPSA) is 41.9 Å². The number of fused-ring (bicyclic) bond motifs is 13. The SMILES string of the molecule is c1ccc(-c2nc(-c3cccc4sc5ccccc5c34)nc(N3c4ccccc4C4(c5ccccc5-c5cc6ccccc6cc54)c4ccccc43)n2)cc1. The van der Waals surface area contributed by atoms with E-state index in [-0.39, 0.29) is 0 Å². The van der Waals surface area contributed by atoms with Gasteiger partial charge in [0.05, 0.1) is 16.8 Å². The average molecular weight is 719 g/mol. The lowest BCUT2D eigenvalue weighted by molar-refractivity contribution is 0.750. The van der Waals surface area contributed by atoms with Gasteiger partial charge >= 0.3 is 0 Å². The second-order valence-electron chi connectivity index (χ2n) is 14.3. The highest BCUT2D eigenvalue weighted by Gasteiger charge is 2.52. The molecule has 1 aliphatic heterocycles. The van der Waals surface area contributed by atoms with Gasteiger partial charge in [0.25, 0.3) is 0 Å². The summed E-state index contributed by atoms with van der Waals surface area (Å²) in [5.41, 5.74) is 11.0. The van der Waals surface area contributed by atoms with Gasteiger partial charge in [-0.2, -0.15) is 9.97 Å². The van der Waals surface area contributed by atoms with Crippen LogP contribution in [0.4, 0.5) is 17.3 Å². The monoisotopic (exact) mass is 718 g/mol. The Labute approximate surface area is 321 Å². The highest BCUT2D eigenvalue weighted by molar-refractivity contribution is 7.25. The molecular weight excluding hydrogens is 689 g/mol. The zero-order valence-electron chi connectivity index (χ0n) is 29.5. The highest BCUT2D eigenvalue weighted by Crippen LogP contribution is 2.63. The number of nitrogens with zero attached hydrogens (tertiary/aromatic N) is 4. The van der Waals surface area contributed by atoms with Crippen LogP contribution in [0.1, 0.15) is 22.3 Å². The van der Waals surface area contributed by atoms with E-state index in [1.54, 1.807) is 11.3 Å². The lowest BCUT2D eigenvalue weighted by Gasteiger charge is -2.44. The van der Waals surface area contributed by atoms with E-state index in [4.69, 9.17) is 15.0 Å². The van der Waals surface area contributed by atoms with Crippen LogP contribution in [0.5, 0.6) is 0 Å². The Bertz CT molecular complexity index is 3140. The fraction of sp³-hybridized carbons (Fsp3) is 0.0200. The van der Waals surface area contributed by atoms with Crippen molar-refractivity contribution in [1.82, 2.24) is 15.0 Å². The van der Waals surface area contributed by atoms with Crippen LogP contribution in [0.2, 0.25) is 0 Å². The molecule has 55 heavy (non-hydrogen) atoms. The summed E-state index contributed by atoms with van der Waals surface area (Å²) in [6, 6.07) is 65.5. The Hall–Kier alpha value is -6.95. The Balaban J connectivity index is 1.16. The predicted molar refractivity (Wildman–Crippen MR) is 227 cm³/mol. The van der Waals surface area contributed by atoms with Gasteiger partial charge in [0.1, 0.15) is 0 Å². The molecular formula is C50H30N4S. The van der Waals surface area contributed by atoms with Crippen LogP contribution < -0.4 is 4.90 Å². The molecule has 0 atom stereocenters. The van der Waals surface area contributed by atoms with Gasteiger partial charge in [-0.05, 0) is 80.6 Å². The molecule has 0 fully saturated rings. The fourth-order valence-corrected chi connectivity index (χ4v) is 10.4. The smallest absolute Gasteiger partial charge is 0.238 e. The molecule has 12 rings (SSSR count). The van der Waals surface area contributed by atoms with E-state index >= 15 is 0 Å². The number of hydrogen-bond donors (Lipinski definition) is 0. The van der Waals surface area contributed by atoms with Gasteiger partial charge in [0.2, 0.25) is 5.95 Å². The number of thiophene rings is 1. The Morgan fingerprint density at radius 3 is 1.82 bits per heavy atom. The first-order chi connectivity index (χ1) is 27.3. The van der Waals surface area contributed by atoms with E-state index in [0.717, 1.165) is 22.5 Å². The van der Waals surface area contributed by atoms with Gasteiger partial charge in [-0.15, -0.1) is 11.3 Å². The first-order valence-corrected chi connectivity index (χ1v) is 19.4. The maximum Gasteiger partial charge on any atom is 0.238 e. The van der Waals surface area contributed by atoms with Gasteiger partial charge in [0.15, 0.2) is 11.6 Å². The molecule has 256 valence electrons. The summed E-state index contributed by atoms with van der Waals surface area (Å²) in [6.07, 6.45) is 0. The van der Waals surface area contributed by atoms with E-state index in [9.17, 15) is 0 Å². The van der Waals surface area contributed by atoms with Crippen LogP contribution in [-0.2, 0) is 5.41 Å². The van der Waals surface area contributed by atoms with E-state index in [1.165, 1.54) is 64.3 Å². The molecule has 8 aromatic carbocycles. The third kappa shape index (κ3) is 4.24. The summed E-state index contributed by atoms with van der Waals surface area (Å²) in [4.78, 5) is 18.3. The zero-order chi connectivity index (χ0) is 36.1. The molecule has 10 aromatic rings. The van der Waals surface area contributed by atoms with Crippen LogP contribution >= 0.6 is 11.3 Å². The van der Waals surface area contributed by atoms with Crippen molar-refractivity contribution in [3.63, 3.8) is 0 Å². The van der Waals surface area contributed by atoms with Crippen molar-refractivity contribution in [3.05, 3.63) is 204 Å². The molecule has 0 unspecified atom stereocenters. The third-order valence-corrected chi connectivity index (χ3v) is 12.6. The van der Waals surface area contributed by atoms with E-state index in [0.29, 0.717) is 17.6 Å². The molecule has 0 N–H and O–H groups in total. The van der Waals surface area contributed by atoms with Crippen molar-refractivity contribution in [2.45, 2.75) is 5.41 Å². The van der Waals surface area contributed by atoms with Crippen molar-refractivity contribution >= 4 is 59.6 Å². The average Bonchev–Trinajstić information content (AvgIpc) is 3.77. The minimum Gasteiger partial charge on any atom is -0.278 e. The third-order valence-electron chi connectivity index (χ3n) is 11.5. The largest absolute Gasteiger partial charge is 0.278 e. The number of para-hydroxylation sites is 2. The molecule has 3 heterocycles. The van der Waals surface area contributed by atoms with Gasteiger partial charge in [-0.1, -0.05) is 146 Å². The molecule has 0 radical (unpaired) electrons. The first kappa shape index (κ1) is 30.5. The quantitative estimate of drug-likeness (QED) is 0.182. The van der Waals surface area contributed by atoms with Crippen LogP contribution in [0.15, 0.2) is 182 Å².